The summed E-state index contributed by atoms with van der Waals surface area (Å²) < 4.78 is 0. The second kappa shape index (κ2) is 5.57. The van der Waals surface area contributed by atoms with E-state index in [1.807, 2.05) is 29.6 Å². The quantitative estimate of drug-likeness (QED) is 0.535. The molecule has 23 heavy (non-hydrogen) atoms. The maximum absolute atomic E-state index is 12.0. The number of hydrogen-bond donors (Lipinski definition) is 0. The van der Waals surface area contributed by atoms with E-state index in [4.69, 9.17) is 0 Å². The van der Waals surface area contributed by atoms with Gasteiger partial charge in [-0.25, -0.2) is 0 Å². The first-order valence-electron chi connectivity index (χ1n) is 7.88. The summed E-state index contributed by atoms with van der Waals surface area (Å²) in [5, 5.41) is 0. The molecule has 0 N–H and O–H groups in total. The zero-order valence-electron chi connectivity index (χ0n) is 13.3. The molecule has 0 fully saturated rings. The van der Waals surface area contributed by atoms with Crippen molar-refractivity contribution in [2.24, 2.45) is 5.41 Å². The van der Waals surface area contributed by atoms with Crippen molar-refractivity contribution in [1.82, 2.24) is 0 Å². The first-order valence-corrected chi connectivity index (χ1v) is 9.51. The molecule has 0 aromatic heterocycles. The Morgan fingerprint density at radius 2 is 1.61 bits per heavy atom. The highest BCUT2D eigenvalue weighted by Crippen LogP contribution is 2.53. The van der Waals surface area contributed by atoms with Gasteiger partial charge in [-0.2, -0.15) is 0 Å². The molecule has 4 rings (SSSR count). The topological polar surface area (TPSA) is 17.1 Å². The predicted octanol–water partition coefficient (Wildman–Crippen LogP) is 6.07. The van der Waals surface area contributed by atoms with Crippen LogP contribution in [0.3, 0.4) is 0 Å². The predicted molar refractivity (Wildman–Crippen MR) is 97.1 cm³/mol. The van der Waals surface area contributed by atoms with Crippen LogP contribution < -0.4 is 0 Å². The average molecular weight is 338 g/mol. The third-order valence-corrected chi connectivity index (χ3v) is 7.20. The summed E-state index contributed by atoms with van der Waals surface area (Å²) in [5.41, 5.74) is 2.47. The van der Waals surface area contributed by atoms with Crippen molar-refractivity contribution >= 4 is 34.9 Å². The van der Waals surface area contributed by atoms with Gasteiger partial charge in [0.2, 0.25) is 0 Å². The molecule has 0 saturated carbocycles. The molecule has 0 atom stereocenters. The molecule has 2 aromatic rings. The highest BCUT2D eigenvalue weighted by Gasteiger charge is 2.32. The highest BCUT2D eigenvalue weighted by atomic mass is 32.2. The van der Waals surface area contributed by atoms with Crippen molar-refractivity contribution in [3.05, 3.63) is 54.1 Å². The Hall–Kier alpha value is -1.45. The Balaban J connectivity index is 1.86. The van der Waals surface area contributed by atoms with Crippen LogP contribution in [0, 0.1) is 5.41 Å². The summed E-state index contributed by atoms with van der Waals surface area (Å²) in [6, 6.07) is 15.0. The monoisotopic (exact) mass is 338 g/mol. The number of hydrogen-bond acceptors (Lipinski definition) is 3. The molecule has 1 nitrogen and oxygen atoms in total. The van der Waals surface area contributed by atoms with Gasteiger partial charge in [-0.1, -0.05) is 61.6 Å². The second-order valence-corrected chi connectivity index (χ2v) is 8.83. The van der Waals surface area contributed by atoms with Gasteiger partial charge in [0.25, 0.3) is 0 Å². The molecule has 1 aliphatic carbocycles. The van der Waals surface area contributed by atoms with E-state index in [9.17, 15) is 4.79 Å². The molecule has 116 valence electrons. The summed E-state index contributed by atoms with van der Waals surface area (Å²) in [7, 11) is 0. The normalized spacial score (nSPS) is 18.9. The summed E-state index contributed by atoms with van der Waals surface area (Å²) in [4.78, 5) is 17.2. The van der Waals surface area contributed by atoms with Crippen molar-refractivity contribution in [2.45, 2.75) is 46.3 Å². The lowest BCUT2D eigenvalue weighted by Gasteiger charge is -2.33. The van der Waals surface area contributed by atoms with E-state index in [0.717, 1.165) is 6.42 Å². The van der Waals surface area contributed by atoms with Gasteiger partial charge in [-0.3, -0.25) is 4.79 Å². The van der Waals surface area contributed by atoms with E-state index >= 15 is 0 Å². The maximum atomic E-state index is 12.0. The van der Waals surface area contributed by atoms with Crippen LogP contribution in [0.2, 0.25) is 0 Å². The summed E-state index contributed by atoms with van der Waals surface area (Å²) in [5.74, 6) is 0.255. The molecule has 2 aliphatic rings. The standard InChI is InChI=1S/C20H18OS2/c1-20(2)11-10-13(21)12-15(20)14-6-5-9-18-19(14)23-17-8-4-3-7-16(17)22-18/h3-9,12H,10-11H2,1-2H3. The highest BCUT2D eigenvalue weighted by molar-refractivity contribution is 8.05. The number of carbonyl (C=O) groups is 1. The molecule has 0 saturated heterocycles. The van der Waals surface area contributed by atoms with Gasteiger partial charge in [0, 0.05) is 26.0 Å². The molecule has 0 radical (unpaired) electrons. The van der Waals surface area contributed by atoms with Crippen LogP contribution in [0.25, 0.3) is 5.57 Å². The smallest absolute Gasteiger partial charge is 0.156 e. The molecule has 0 amide bonds. The molecule has 0 spiro atoms. The molecular weight excluding hydrogens is 320 g/mol. The number of rotatable bonds is 1. The van der Waals surface area contributed by atoms with E-state index in [0.29, 0.717) is 6.42 Å². The Morgan fingerprint density at radius 3 is 2.39 bits per heavy atom. The average Bonchev–Trinajstić information content (AvgIpc) is 2.55. The van der Waals surface area contributed by atoms with E-state index in [2.05, 4.69) is 56.3 Å². The van der Waals surface area contributed by atoms with Gasteiger partial charge in [0.1, 0.15) is 0 Å². The zero-order chi connectivity index (χ0) is 16.0. The lowest BCUT2D eigenvalue weighted by molar-refractivity contribution is -0.115. The van der Waals surface area contributed by atoms with Gasteiger partial charge < -0.3 is 0 Å². The van der Waals surface area contributed by atoms with E-state index in [1.54, 1.807) is 0 Å². The van der Waals surface area contributed by atoms with Gasteiger partial charge in [-0.15, -0.1) is 0 Å². The van der Waals surface area contributed by atoms with Gasteiger partial charge in [0.05, 0.1) is 0 Å². The molecule has 1 heterocycles. The van der Waals surface area contributed by atoms with E-state index in [1.165, 1.54) is 30.7 Å². The largest absolute Gasteiger partial charge is 0.295 e. The van der Waals surface area contributed by atoms with Gasteiger partial charge >= 0.3 is 0 Å². The molecule has 2 aromatic carbocycles. The van der Waals surface area contributed by atoms with E-state index < -0.39 is 0 Å². The zero-order valence-corrected chi connectivity index (χ0v) is 14.9. The first kappa shape index (κ1) is 15.1. The fourth-order valence-corrected chi connectivity index (χ4v) is 5.60. The minimum Gasteiger partial charge on any atom is -0.295 e. The third kappa shape index (κ3) is 2.66. The Labute approximate surface area is 145 Å². The molecular formula is C20H18OS2. The van der Waals surface area contributed by atoms with Crippen molar-refractivity contribution in [2.75, 3.05) is 0 Å². The van der Waals surface area contributed by atoms with Crippen LogP contribution in [0.5, 0.6) is 0 Å². The minimum absolute atomic E-state index is 0.0469. The maximum Gasteiger partial charge on any atom is 0.156 e. The first-order chi connectivity index (χ1) is 11.0. The number of benzene rings is 2. The third-order valence-electron chi connectivity index (χ3n) is 4.58. The molecule has 0 bridgehead atoms. The van der Waals surface area contributed by atoms with E-state index in [-0.39, 0.29) is 11.2 Å². The number of fused-ring (bicyclic) bond motifs is 2. The fourth-order valence-electron chi connectivity index (χ4n) is 3.20. The Morgan fingerprint density at radius 1 is 0.913 bits per heavy atom. The molecule has 1 aliphatic heterocycles. The van der Waals surface area contributed by atoms with Crippen LogP contribution in [0.4, 0.5) is 0 Å². The lowest BCUT2D eigenvalue weighted by atomic mass is 9.72. The van der Waals surface area contributed by atoms with Crippen LogP contribution in [0.1, 0.15) is 32.3 Å². The summed E-state index contributed by atoms with van der Waals surface area (Å²) >= 11 is 3.66. The van der Waals surface area contributed by atoms with Crippen LogP contribution >= 0.6 is 23.5 Å². The Kier molecular flexibility index (Phi) is 3.66. The van der Waals surface area contributed by atoms with Crippen LogP contribution in [-0.4, -0.2) is 5.78 Å². The molecule has 3 heteroatoms. The lowest BCUT2D eigenvalue weighted by Crippen LogP contribution is -2.21. The summed E-state index contributed by atoms with van der Waals surface area (Å²) in [6.45, 7) is 4.50. The summed E-state index contributed by atoms with van der Waals surface area (Å²) in [6.07, 6.45) is 3.47. The Bertz CT molecular complexity index is 833. The van der Waals surface area contributed by atoms with Crippen LogP contribution in [-0.2, 0) is 4.79 Å². The minimum atomic E-state index is 0.0469. The van der Waals surface area contributed by atoms with Crippen molar-refractivity contribution < 1.29 is 4.79 Å². The van der Waals surface area contributed by atoms with Gasteiger partial charge in [0.15, 0.2) is 5.78 Å². The SMILES string of the molecule is CC1(C)CCC(=O)C=C1c1cccc2c1Sc1ccccc1S2. The number of allylic oxidation sites excluding steroid dienone is 2. The molecule has 0 unspecified atom stereocenters. The fraction of sp³-hybridized carbons (Fsp3) is 0.250. The number of carbonyl (C=O) groups excluding carboxylic acids is 1. The van der Waals surface area contributed by atoms with Crippen molar-refractivity contribution in [3.63, 3.8) is 0 Å². The second-order valence-electron chi connectivity index (χ2n) is 6.69. The van der Waals surface area contributed by atoms with Crippen molar-refractivity contribution in [3.8, 4) is 0 Å². The van der Waals surface area contributed by atoms with Crippen molar-refractivity contribution in [1.29, 1.82) is 0 Å². The van der Waals surface area contributed by atoms with Crippen LogP contribution in [0.15, 0.2) is 68.1 Å². The number of ketones is 1. The van der Waals surface area contributed by atoms with Gasteiger partial charge in [-0.05, 0) is 47.2 Å².